The fourth-order valence-electron chi connectivity index (χ4n) is 1.64. The lowest BCUT2D eigenvalue weighted by Gasteiger charge is -2.23. The lowest BCUT2D eigenvalue weighted by atomic mass is 10.1. The summed E-state index contributed by atoms with van der Waals surface area (Å²) in [5.41, 5.74) is 0.394. The molecule has 0 fully saturated rings. The summed E-state index contributed by atoms with van der Waals surface area (Å²) in [6.45, 7) is 1.68. The number of carbonyl (C=O) groups is 2. The highest BCUT2D eigenvalue weighted by atomic mass is 16.5. The zero-order valence-electron chi connectivity index (χ0n) is 11.4. The number of hydrogen-bond donors (Lipinski definition) is 2. The predicted molar refractivity (Wildman–Crippen MR) is 71.2 cm³/mol. The van der Waals surface area contributed by atoms with Gasteiger partial charge >= 0.3 is 0 Å². The Balaban J connectivity index is 2.94. The zero-order valence-corrected chi connectivity index (χ0v) is 11.4. The lowest BCUT2D eigenvalue weighted by molar-refractivity contribution is -0.123. The fraction of sp³-hybridized carbons (Fsp3) is 0.429. The van der Waals surface area contributed by atoms with Crippen LogP contribution in [-0.2, 0) is 4.79 Å². The summed E-state index contributed by atoms with van der Waals surface area (Å²) in [7, 11) is 1.39. The minimum Gasteiger partial charge on any atom is -0.493 e. The maximum atomic E-state index is 11.0. The van der Waals surface area contributed by atoms with E-state index in [2.05, 4.69) is 0 Å². The van der Waals surface area contributed by atoms with Crippen LogP contribution in [0.1, 0.15) is 23.7 Å². The molecule has 0 radical (unpaired) electrons. The average Bonchev–Trinajstić information content (AvgIpc) is 2.50. The van der Waals surface area contributed by atoms with Crippen LogP contribution in [0.4, 0.5) is 0 Å². The number of aliphatic hydroxyl groups excluding tert-OH is 2. The average molecular weight is 282 g/mol. The molecule has 0 aliphatic rings. The molecular weight excluding hydrogens is 264 g/mol. The Morgan fingerprint density at radius 3 is 2.45 bits per heavy atom. The monoisotopic (exact) mass is 282 g/mol. The highest BCUT2D eigenvalue weighted by Crippen LogP contribution is 2.29. The number of ether oxygens (including phenoxy) is 2. The van der Waals surface area contributed by atoms with Crippen LogP contribution in [-0.4, -0.2) is 48.2 Å². The van der Waals surface area contributed by atoms with E-state index < -0.39 is 18.3 Å². The van der Waals surface area contributed by atoms with E-state index in [0.29, 0.717) is 18.1 Å². The van der Waals surface area contributed by atoms with Crippen molar-refractivity contribution in [2.45, 2.75) is 31.7 Å². The van der Waals surface area contributed by atoms with Crippen molar-refractivity contribution in [2.24, 2.45) is 0 Å². The van der Waals surface area contributed by atoms with E-state index in [-0.39, 0.29) is 17.9 Å². The first kappa shape index (κ1) is 16.1. The summed E-state index contributed by atoms with van der Waals surface area (Å²) >= 11 is 0. The van der Waals surface area contributed by atoms with Crippen LogP contribution in [0.25, 0.3) is 0 Å². The second-order valence-corrected chi connectivity index (χ2v) is 4.21. The van der Waals surface area contributed by atoms with Gasteiger partial charge in [-0.3, -0.25) is 9.59 Å². The molecule has 0 amide bonds. The van der Waals surface area contributed by atoms with Gasteiger partial charge in [-0.2, -0.15) is 0 Å². The third-order valence-corrected chi connectivity index (χ3v) is 2.87. The molecule has 0 heterocycles. The second kappa shape index (κ2) is 7.62. The zero-order chi connectivity index (χ0) is 15.1. The molecule has 1 aromatic carbocycles. The minimum absolute atomic E-state index is 0.206. The van der Waals surface area contributed by atoms with E-state index in [1.165, 1.54) is 25.3 Å². The molecule has 1 rings (SSSR count). The molecule has 2 N–H and O–H groups in total. The molecule has 3 unspecified atom stereocenters. The van der Waals surface area contributed by atoms with Gasteiger partial charge in [-0.15, -0.1) is 0 Å². The summed E-state index contributed by atoms with van der Waals surface area (Å²) in [4.78, 5) is 21.7. The summed E-state index contributed by atoms with van der Waals surface area (Å²) in [5, 5.41) is 19.3. The van der Waals surface area contributed by atoms with Crippen molar-refractivity contribution in [3.05, 3.63) is 23.8 Å². The first-order valence-corrected chi connectivity index (χ1v) is 6.18. The summed E-state index contributed by atoms with van der Waals surface area (Å²) < 4.78 is 10.4. The molecule has 0 saturated heterocycles. The Bertz CT molecular complexity index is 459. The van der Waals surface area contributed by atoms with Gasteiger partial charge in [0.25, 0.3) is 0 Å². The molecule has 0 spiro atoms. The molecule has 1 aromatic rings. The van der Waals surface area contributed by atoms with Gasteiger partial charge in [0, 0.05) is 5.56 Å². The first-order chi connectivity index (χ1) is 9.57. The third-order valence-electron chi connectivity index (χ3n) is 2.87. The van der Waals surface area contributed by atoms with Crippen LogP contribution in [0.3, 0.4) is 0 Å². The predicted octanol–water partition coefficient (Wildman–Crippen LogP) is 0.586. The molecule has 6 nitrogen and oxygen atoms in total. The quantitative estimate of drug-likeness (QED) is 0.678. The highest BCUT2D eigenvalue weighted by molar-refractivity contribution is 5.76. The van der Waals surface area contributed by atoms with E-state index in [4.69, 9.17) is 9.47 Å². The smallest absolute Gasteiger partial charge is 0.182 e. The number of aliphatic hydroxyl groups is 2. The molecular formula is C14H18O6. The van der Waals surface area contributed by atoms with Gasteiger partial charge in [0.1, 0.15) is 12.4 Å². The highest BCUT2D eigenvalue weighted by Gasteiger charge is 2.27. The molecule has 0 bridgehead atoms. The number of methoxy groups -OCH3 is 1. The van der Waals surface area contributed by atoms with Crippen LogP contribution in [0.2, 0.25) is 0 Å². The van der Waals surface area contributed by atoms with Gasteiger partial charge in [0.2, 0.25) is 0 Å². The molecule has 6 heteroatoms. The molecule has 20 heavy (non-hydrogen) atoms. The van der Waals surface area contributed by atoms with Crippen LogP contribution >= 0.6 is 0 Å². The van der Waals surface area contributed by atoms with Crippen molar-refractivity contribution in [3.8, 4) is 11.5 Å². The van der Waals surface area contributed by atoms with E-state index in [0.717, 1.165) is 0 Å². The van der Waals surface area contributed by atoms with Crippen molar-refractivity contribution in [2.75, 3.05) is 7.11 Å². The second-order valence-electron chi connectivity index (χ2n) is 4.21. The molecule has 0 saturated carbocycles. The summed E-state index contributed by atoms with van der Waals surface area (Å²) in [5.74, 6) is 0.470. The number of hydrogen-bond acceptors (Lipinski definition) is 6. The topological polar surface area (TPSA) is 93.1 Å². The van der Waals surface area contributed by atoms with Crippen molar-refractivity contribution in [1.82, 2.24) is 0 Å². The maximum absolute atomic E-state index is 11.0. The van der Waals surface area contributed by atoms with E-state index in [1.807, 2.05) is 0 Å². The van der Waals surface area contributed by atoms with Crippen LogP contribution < -0.4 is 9.47 Å². The normalized spacial score (nSPS) is 15.0. The number of benzene rings is 1. The van der Waals surface area contributed by atoms with Crippen LogP contribution in [0, 0.1) is 0 Å². The molecule has 0 aromatic heterocycles. The largest absolute Gasteiger partial charge is 0.493 e. The van der Waals surface area contributed by atoms with Gasteiger partial charge in [-0.1, -0.05) is 6.92 Å². The number of rotatable bonds is 8. The van der Waals surface area contributed by atoms with Crippen molar-refractivity contribution >= 4 is 12.6 Å². The molecule has 0 aliphatic heterocycles. The van der Waals surface area contributed by atoms with E-state index in [1.54, 1.807) is 6.92 Å². The van der Waals surface area contributed by atoms with Gasteiger partial charge in [0.05, 0.1) is 13.2 Å². The Kier molecular flexibility index (Phi) is 6.14. The number of aldehydes is 2. The van der Waals surface area contributed by atoms with Gasteiger partial charge in [-0.25, -0.2) is 0 Å². The molecule has 3 atom stereocenters. The summed E-state index contributed by atoms with van der Waals surface area (Å²) in [6.07, 6.45) is -2.27. The summed E-state index contributed by atoms with van der Waals surface area (Å²) in [6, 6.07) is 4.41. The van der Waals surface area contributed by atoms with Crippen molar-refractivity contribution in [1.29, 1.82) is 0 Å². The van der Waals surface area contributed by atoms with Crippen LogP contribution in [0.5, 0.6) is 11.5 Å². The fourth-order valence-corrected chi connectivity index (χ4v) is 1.64. The third kappa shape index (κ3) is 3.79. The van der Waals surface area contributed by atoms with Crippen LogP contribution in [0.15, 0.2) is 18.2 Å². The van der Waals surface area contributed by atoms with E-state index in [9.17, 15) is 19.8 Å². The maximum Gasteiger partial charge on any atom is 0.182 e. The minimum atomic E-state index is -1.34. The Morgan fingerprint density at radius 2 is 1.95 bits per heavy atom. The Hall–Kier alpha value is -1.92. The van der Waals surface area contributed by atoms with E-state index >= 15 is 0 Å². The Morgan fingerprint density at radius 1 is 1.25 bits per heavy atom. The number of carbonyl (C=O) groups excluding carboxylic acids is 2. The van der Waals surface area contributed by atoms with Crippen molar-refractivity contribution in [3.63, 3.8) is 0 Å². The Labute approximate surface area is 116 Å². The standard InChI is InChI=1S/C14H18O6/c1-3-10(17)14(18)13(8-16)20-11-5-4-9(7-15)6-12(11)19-2/h4-8,10,13-14,17-18H,3H2,1-2H3. The van der Waals surface area contributed by atoms with Crippen molar-refractivity contribution < 1.29 is 29.3 Å². The SMILES string of the molecule is CCC(O)C(O)C(C=O)Oc1ccc(C=O)cc1OC. The lowest BCUT2D eigenvalue weighted by Crippen LogP contribution is -2.41. The molecule has 0 aliphatic carbocycles. The first-order valence-electron chi connectivity index (χ1n) is 6.18. The van der Waals surface area contributed by atoms with Gasteiger partial charge in [0.15, 0.2) is 23.9 Å². The molecule has 110 valence electrons. The van der Waals surface area contributed by atoms with Gasteiger partial charge < -0.3 is 19.7 Å². The van der Waals surface area contributed by atoms with Gasteiger partial charge in [-0.05, 0) is 24.6 Å².